The van der Waals surface area contributed by atoms with Gasteiger partial charge in [0.15, 0.2) is 5.96 Å². The lowest BCUT2D eigenvalue weighted by atomic mass is 10.1. The molecule has 1 aromatic carbocycles. The summed E-state index contributed by atoms with van der Waals surface area (Å²) in [6.07, 6.45) is 0.232. The smallest absolute Gasteiger partial charge is 0.224 e. The highest BCUT2D eigenvalue weighted by Gasteiger charge is 2.07. The van der Waals surface area contributed by atoms with E-state index in [-0.39, 0.29) is 18.1 Å². The van der Waals surface area contributed by atoms with Crippen molar-refractivity contribution in [2.75, 3.05) is 20.1 Å². The Morgan fingerprint density at radius 2 is 1.89 bits per heavy atom. The van der Waals surface area contributed by atoms with Crippen LogP contribution in [0.3, 0.4) is 0 Å². The molecular formula is C19H26FN5OS. The molecule has 0 saturated carbocycles. The first-order valence-corrected chi connectivity index (χ1v) is 9.76. The molecule has 3 N–H and O–H groups in total. The van der Waals surface area contributed by atoms with E-state index in [4.69, 9.17) is 0 Å². The van der Waals surface area contributed by atoms with Crippen molar-refractivity contribution in [1.82, 2.24) is 20.9 Å². The summed E-state index contributed by atoms with van der Waals surface area (Å²) in [7, 11) is 1.70. The summed E-state index contributed by atoms with van der Waals surface area (Å²) in [6, 6.07) is 5.93. The summed E-state index contributed by atoms with van der Waals surface area (Å²) < 4.78 is 12.9. The number of thiazole rings is 1. The lowest BCUT2D eigenvalue weighted by Gasteiger charge is -2.11. The van der Waals surface area contributed by atoms with Crippen LogP contribution >= 0.6 is 11.3 Å². The second kappa shape index (κ2) is 10.6. The van der Waals surface area contributed by atoms with E-state index in [1.54, 1.807) is 30.5 Å². The predicted molar refractivity (Wildman–Crippen MR) is 108 cm³/mol. The van der Waals surface area contributed by atoms with Gasteiger partial charge in [0, 0.05) is 25.5 Å². The first-order chi connectivity index (χ1) is 13.0. The van der Waals surface area contributed by atoms with Crippen LogP contribution in [-0.4, -0.2) is 37.0 Å². The molecular weight excluding hydrogens is 365 g/mol. The van der Waals surface area contributed by atoms with E-state index in [1.807, 2.05) is 0 Å². The van der Waals surface area contributed by atoms with Gasteiger partial charge in [-0.05, 0) is 23.6 Å². The summed E-state index contributed by atoms with van der Waals surface area (Å²) in [5.41, 5.74) is 1.88. The molecule has 1 heterocycles. The Bertz CT molecular complexity index is 758. The number of hydrogen-bond donors (Lipinski definition) is 3. The predicted octanol–water partition coefficient (Wildman–Crippen LogP) is 2.43. The average molecular weight is 392 g/mol. The van der Waals surface area contributed by atoms with Crippen molar-refractivity contribution in [1.29, 1.82) is 0 Å². The molecule has 27 heavy (non-hydrogen) atoms. The first kappa shape index (κ1) is 20.8. The molecule has 0 saturated heterocycles. The SMILES string of the molecule is CN=C(NCCNC(=O)Cc1ccc(F)cc1)NCc1nc(C(C)C)cs1. The molecule has 0 unspecified atom stereocenters. The van der Waals surface area contributed by atoms with Crippen LogP contribution in [-0.2, 0) is 17.8 Å². The van der Waals surface area contributed by atoms with Gasteiger partial charge in [-0.3, -0.25) is 9.79 Å². The van der Waals surface area contributed by atoms with E-state index in [2.05, 4.69) is 45.2 Å². The van der Waals surface area contributed by atoms with Crippen molar-refractivity contribution in [3.8, 4) is 0 Å². The van der Waals surface area contributed by atoms with E-state index in [9.17, 15) is 9.18 Å². The Kier molecular flexibility index (Phi) is 8.19. The maximum absolute atomic E-state index is 12.9. The number of nitrogens with one attached hydrogen (secondary N) is 3. The zero-order valence-corrected chi connectivity index (χ0v) is 16.7. The number of aromatic nitrogens is 1. The fraction of sp³-hybridized carbons (Fsp3) is 0.421. The van der Waals surface area contributed by atoms with Gasteiger partial charge in [-0.25, -0.2) is 9.37 Å². The van der Waals surface area contributed by atoms with Crippen LogP contribution in [0, 0.1) is 5.82 Å². The van der Waals surface area contributed by atoms with Crippen molar-refractivity contribution in [2.45, 2.75) is 32.7 Å². The second-order valence-electron chi connectivity index (χ2n) is 6.33. The van der Waals surface area contributed by atoms with Crippen LogP contribution in [0.1, 0.15) is 36.0 Å². The molecule has 1 aromatic heterocycles. The van der Waals surface area contributed by atoms with E-state index in [1.165, 1.54) is 12.1 Å². The summed E-state index contributed by atoms with van der Waals surface area (Å²) in [6.45, 7) is 5.86. The van der Waals surface area contributed by atoms with Gasteiger partial charge in [-0.1, -0.05) is 26.0 Å². The summed E-state index contributed by atoms with van der Waals surface area (Å²) in [5, 5.41) is 12.3. The van der Waals surface area contributed by atoms with Crippen LogP contribution < -0.4 is 16.0 Å². The minimum absolute atomic E-state index is 0.102. The van der Waals surface area contributed by atoms with E-state index in [0.29, 0.717) is 31.5 Å². The van der Waals surface area contributed by atoms with Gasteiger partial charge in [0.05, 0.1) is 18.7 Å². The van der Waals surface area contributed by atoms with Crippen LogP contribution in [0.15, 0.2) is 34.6 Å². The number of carbonyl (C=O) groups is 1. The van der Waals surface area contributed by atoms with Crippen molar-refractivity contribution in [2.24, 2.45) is 4.99 Å². The standard InChI is InChI=1S/C19H26FN5OS/c1-13(2)16-12-27-18(25-16)11-24-19(21-3)23-9-8-22-17(26)10-14-4-6-15(20)7-5-14/h4-7,12-13H,8-11H2,1-3H3,(H,22,26)(H2,21,23,24). The molecule has 2 rings (SSSR count). The second-order valence-corrected chi connectivity index (χ2v) is 7.27. The third-order valence-electron chi connectivity index (χ3n) is 3.81. The Morgan fingerprint density at radius 1 is 1.19 bits per heavy atom. The summed E-state index contributed by atoms with van der Waals surface area (Å²) in [5.74, 6) is 0.672. The van der Waals surface area contributed by atoms with E-state index in [0.717, 1.165) is 16.3 Å². The number of amides is 1. The number of halogens is 1. The van der Waals surface area contributed by atoms with E-state index < -0.39 is 0 Å². The van der Waals surface area contributed by atoms with E-state index >= 15 is 0 Å². The Morgan fingerprint density at radius 3 is 2.52 bits per heavy atom. The van der Waals surface area contributed by atoms with Gasteiger partial charge in [0.1, 0.15) is 10.8 Å². The van der Waals surface area contributed by atoms with Crippen molar-refractivity contribution in [3.63, 3.8) is 0 Å². The maximum Gasteiger partial charge on any atom is 0.224 e. The van der Waals surface area contributed by atoms with Crippen LogP contribution in [0.2, 0.25) is 0 Å². The van der Waals surface area contributed by atoms with Gasteiger partial charge >= 0.3 is 0 Å². The molecule has 6 nitrogen and oxygen atoms in total. The van der Waals surface area contributed by atoms with Gasteiger partial charge in [-0.15, -0.1) is 11.3 Å². The molecule has 0 radical (unpaired) electrons. The molecule has 0 atom stereocenters. The summed E-state index contributed by atoms with van der Waals surface area (Å²) in [4.78, 5) is 20.6. The van der Waals surface area contributed by atoms with Gasteiger partial charge in [0.25, 0.3) is 0 Å². The monoisotopic (exact) mass is 391 g/mol. The number of carbonyl (C=O) groups excluding carboxylic acids is 1. The molecule has 2 aromatic rings. The Labute approximate surface area is 163 Å². The van der Waals surface area contributed by atoms with Crippen molar-refractivity contribution in [3.05, 3.63) is 51.7 Å². The first-order valence-electron chi connectivity index (χ1n) is 8.88. The molecule has 0 aliphatic heterocycles. The highest BCUT2D eigenvalue weighted by molar-refractivity contribution is 7.09. The van der Waals surface area contributed by atoms with Gasteiger partial charge in [-0.2, -0.15) is 0 Å². The number of rotatable bonds is 8. The number of hydrogen-bond acceptors (Lipinski definition) is 4. The zero-order chi connectivity index (χ0) is 19.6. The third kappa shape index (κ3) is 7.34. The molecule has 1 amide bonds. The molecule has 0 aliphatic rings. The quantitative estimate of drug-likeness (QED) is 0.367. The Hall–Kier alpha value is -2.48. The number of nitrogens with zero attached hydrogens (tertiary/aromatic N) is 2. The lowest BCUT2D eigenvalue weighted by Crippen LogP contribution is -2.41. The van der Waals surface area contributed by atoms with Crippen molar-refractivity contribution >= 4 is 23.2 Å². The fourth-order valence-electron chi connectivity index (χ4n) is 2.28. The van der Waals surface area contributed by atoms with Crippen LogP contribution in [0.4, 0.5) is 4.39 Å². The fourth-order valence-corrected chi connectivity index (χ4v) is 3.18. The minimum atomic E-state index is -0.305. The molecule has 8 heteroatoms. The number of guanidine groups is 1. The average Bonchev–Trinajstić information content (AvgIpc) is 3.12. The topological polar surface area (TPSA) is 78.4 Å². The maximum atomic E-state index is 12.9. The summed E-state index contributed by atoms with van der Waals surface area (Å²) >= 11 is 1.63. The normalized spacial score (nSPS) is 11.5. The Balaban J connectivity index is 1.65. The highest BCUT2D eigenvalue weighted by Crippen LogP contribution is 2.17. The number of benzene rings is 1. The van der Waals surface area contributed by atoms with Gasteiger partial charge < -0.3 is 16.0 Å². The van der Waals surface area contributed by atoms with Gasteiger partial charge in [0.2, 0.25) is 5.91 Å². The molecule has 0 aliphatic carbocycles. The zero-order valence-electron chi connectivity index (χ0n) is 15.9. The molecule has 146 valence electrons. The van der Waals surface area contributed by atoms with Crippen LogP contribution in [0.25, 0.3) is 0 Å². The molecule has 0 spiro atoms. The number of aliphatic imine (C=N–C) groups is 1. The molecule has 0 fully saturated rings. The third-order valence-corrected chi connectivity index (χ3v) is 4.68. The van der Waals surface area contributed by atoms with Crippen molar-refractivity contribution < 1.29 is 9.18 Å². The van der Waals surface area contributed by atoms with Crippen LogP contribution in [0.5, 0.6) is 0 Å². The molecule has 0 bridgehead atoms. The lowest BCUT2D eigenvalue weighted by molar-refractivity contribution is -0.120. The highest BCUT2D eigenvalue weighted by atomic mass is 32.1. The largest absolute Gasteiger partial charge is 0.355 e. The minimum Gasteiger partial charge on any atom is -0.355 e.